The molecule has 0 bridgehead atoms. The largest absolute Gasteiger partial charge is 0.394 e. The number of hydrogen-bond donors (Lipinski definition) is 3. The van der Waals surface area contributed by atoms with Crippen molar-refractivity contribution in [2.45, 2.75) is 251 Å². The number of aliphatic hydroxyl groups is 2. The number of unbranched alkanes of at least 4 members (excludes halogenated alkanes) is 31. The van der Waals surface area contributed by atoms with Crippen LogP contribution in [0.15, 0.2) is 24.3 Å². The third-order valence-corrected chi connectivity index (χ3v) is 10.2. The number of allylic oxidation sites excluding steroid dienone is 3. The van der Waals surface area contributed by atoms with Crippen molar-refractivity contribution in [3.05, 3.63) is 24.3 Å². The minimum absolute atomic E-state index is 0.0667. The molecule has 4 heteroatoms. The van der Waals surface area contributed by atoms with E-state index in [1.54, 1.807) is 6.08 Å². The van der Waals surface area contributed by atoms with E-state index in [4.69, 9.17) is 0 Å². The van der Waals surface area contributed by atoms with E-state index in [1.165, 1.54) is 193 Å². The maximum atomic E-state index is 12.4. The Morgan fingerprint density at radius 2 is 0.776 bits per heavy atom. The van der Waals surface area contributed by atoms with Gasteiger partial charge in [0.2, 0.25) is 5.91 Å². The van der Waals surface area contributed by atoms with Crippen molar-refractivity contribution >= 4 is 5.91 Å². The summed E-state index contributed by atoms with van der Waals surface area (Å²) in [5, 5.41) is 23.0. The summed E-state index contributed by atoms with van der Waals surface area (Å²) in [5.74, 6) is -0.0667. The van der Waals surface area contributed by atoms with E-state index in [1.807, 2.05) is 6.08 Å². The minimum Gasteiger partial charge on any atom is -0.394 e. The van der Waals surface area contributed by atoms with Crippen molar-refractivity contribution in [2.75, 3.05) is 6.61 Å². The van der Waals surface area contributed by atoms with Gasteiger partial charge in [0.1, 0.15) is 0 Å². The molecule has 290 valence electrons. The van der Waals surface area contributed by atoms with Crippen LogP contribution in [-0.2, 0) is 4.79 Å². The van der Waals surface area contributed by atoms with Crippen LogP contribution in [0.4, 0.5) is 0 Å². The van der Waals surface area contributed by atoms with Gasteiger partial charge in [0.05, 0.1) is 18.8 Å². The van der Waals surface area contributed by atoms with Crippen LogP contribution >= 0.6 is 0 Å². The second kappa shape index (κ2) is 41.3. The van der Waals surface area contributed by atoms with Gasteiger partial charge in [0, 0.05) is 6.42 Å². The summed E-state index contributed by atoms with van der Waals surface area (Å²) < 4.78 is 0. The number of amides is 1. The lowest BCUT2D eigenvalue weighted by molar-refractivity contribution is -0.123. The molecule has 0 radical (unpaired) electrons. The van der Waals surface area contributed by atoms with Gasteiger partial charge in [-0.05, 0) is 44.9 Å². The second-order valence-corrected chi connectivity index (χ2v) is 15.1. The highest BCUT2D eigenvalue weighted by Gasteiger charge is 2.17. The van der Waals surface area contributed by atoms with Crippen LogP contribution in [0.5, 0.6) is 0 Å². The maximum absolute atomic E-state index is 12.4. The third-order valence-electron chi connectivity index (χ3n) is 10.2. The molecule has 0 aromatic rings. The highest BCUT2D eigenvalue weighted by atomic mass is 16.3. The molecule has 0 rings (SSSR count). The molecule has 0 fully saturated rings. The van der Waals surface area contributed by atoms with E-state index in [9.17, 15) is 15.0 Å². The number of carbonyl (C=O) groups is 1. The van der Waals surface area contributed by atoms with Gasteiger partial charge in [-0.2, -0.15) is 0 Å². The summed E-state index contributed by atoms with van der Waals surface area (Å²) in [5.41, 5.74) is 0. The van der Waals surface area contributed by atoms with Gasteiger partial charge in [-0.25, -0.2) is 0 Å². The second-order valence-electron chi connectivity index (χ2n) is 15.1. The van der Waals surface area contributed by atoms with Gasteiger partial charge in [-0.3, -0.25) is 4.79 Å². The van der Waals surface area contributed by atoms with E-state index < -0.39 is 12.1 Å². The summed E-state index contributed by atoms with van der Waals surface area (Å²) in [4.78, 5) is 12.4. The Balaban J connectivity index is 3.56. The molecule has 0 aliphatic heterocycles. The quantitative estimate of drug-likeness (QED) is 0.0443. The third kappa shape index (κ3) is 37.9. The first-order chi connectivity index (χ1) is 24.2. The molecule has 0 saturated carbocycles. The molecule has 3 N–H and O–H groups in total. The molecule has 0 saturated heterocycles. The Labute approximate surface area is 307 Å². The zero-order chi connectivity index (χ0) is 35.7. The van der Waals surface area contributed by atoms with Crippen LogP contribution < -0.4 is 5.32 Å². The Hall–Kier alpha value is -1.13. The van der Waals surface area contributed by atoms with Crippen LogP contribution in [0.1, 0.15) is 239 Å². The lowest BCUT2D eigenvalue weighted by Crippen LogP contribution is -2.45. The van der Waals surface area contributed by atoms with Crippen molar-refractivity contribution in [1.82, 2.24) is 5.32 Å². The summed E-state index contributed by atoms with van der Waals surface area (Å²) in [7, 11) is 0. The standard InChI is InChI=1S/C45H87NO3/c1-3-5-7-9-11-13-15-17-19-21-23-24-26-28-30-32-34-36-38-40-44(48)43(42-47)46-45(49)41-39-37-35-33-31-29-27-25-22-20-18-16-14-12-10-8-6-4-2/h20,22,38,40,43-44,47-48H,3-19,21,23-37,39,41-42H2,1-2H3,(H,46,49)/b22-20-,40-38+. The van der Waals surface area contributed by atoms with Crippen molar-refractivity contribution in [3.8, 4) is 0 Å². The molecule has 0 aromatic carbocycles. The molecule has 2 atom stereocenters. The molecule has 2 unspecified atom stereocenters. The first kappa shape index (κ1) is 47.9. The van der Waals surface area contributed by atoms with Crippen LogP contribution in [0, 0.1) is 0 Å². The predicted molar refractivity (Wildman–Crippen MR) is 216 cm³/mol. The van der Waals surface area contributed by atoms with Crippen molar-refractivity contribution < 1.29 is 15.0 Å². The lowest BCUT2D eigenvalue weighted by atomic mass is 10.0. The first-order valence-electron chi connectivity index (χ1n) is 22.1. The molecule has 49 heavy (non-hydrogen) atoms. The average Bonchev–Trinajstić information content (AvgIpc) is 3.10. The molecule has 0 spiro atoms. The average molecular weight is 690 g/mol. The highest BCUT2D eigenvalue weighted by molar-refractivity contribution is 5.76. The van der Waals surface area contributed by atoms with Crippen molar-refractivity contribution in [3.63, 3.8) is 0 Å². The fourth-order valence-corrected chi connectivity index (χ4v) is 6.76. The number of nitrogens with one attached hydrogen (secondary N) is 1. The Bertz CT molecular complexity index is 705. The van der Waals surface area contributed by atoms with E-state index in [0.29, 0.717) is 6.42 Å². The number of carbonyl (C=O) groups excluding carboxylic acids is 1. The molecule has 0 aliphatic rings. The van der Waals surface area contributed by atoms with Crippen molar-refractivity contribution in [1.29, 1.82) is 0 Å². The highest BCUT2D eigenvalue weighted by Crippen LogP contribution is 2.15. The topological polar surface area (TPSA) is 69.6 Å². The molecule has 4 nitrogen and oxygen atoms in total. The van der Waals surface area contributed by atoms with Gasteiger partial charge in [0.25, 0.3) is 0 Å². The summed E-state index contributed by atoms with van der Waals surface area (Å²) in [6.07, 6.45) is 52.8. The predicted octanol–water partition coefficient (Wildman–Crippen LogP) is 13.6. The van der Waals surface area contributed by atoms with Gasteiger partial charge < -0.3 is 15.5 Å². The maximum Gasteiger partial charge on any atom is 0.220 e. The van der Waals surface area contributed by atoms with Crippen LogP contribution in [0.2, 0.25) is 0 Å². The SMILES string of the molecule is CCCCCCCCC/C=C\CCCCCCCCCC(=O)NC(CO)C(O)/C=C/CCCCCCCCCCCCCCCCCCC. The van der Waals surface area contributed by atoms with E-state index in [0.717, 1.165) is 25.7 Å². The molecule has 0 aromatic heterocycles. The zero-order valence-corrected chi connectivity index (χ0v) is 33.2. The van der Waals surface area contributed by atoms with Gasteiger partial charge in [-0.15, -0.1) is 0 Å². The van der Waals surface area contributed by atoms with Crippen LogP contribution in [0.3, 0.4) is 0 Å². The fourth-order valence-electron chi connectivity index (χ4n) is 6.76. The molecule has 1 amide bonds. The van der Waals surface area contributed by atoms with E-state index in [-0.39, 0.29) is 12.5 Å². The van der Waals surface area contributed by atoms with Gasteiger partial charge >= 0.3 is 0 Å². The first-order valence-corrected chi connectivity index (χ1v) is 22.1. The normalized spacial score (nSPS) is 13.1. The van der Waals surface area contributed by atoms with Gasteiger partial charge in [-0.1, -0.05) is 212 Å². The molecule has 0 heterocycles. The Kier molecular flexibility index (Phi) is 40.3. The van der Waals surface area contributed by atoms with Crippen LogP contribution in [0.25, 0.3) is 0 Å². The van der Waals surface area contributed by atoms with Gasteiger partial charge in [0.15, 0.2) is 0 Å². The monoisotopic (exact) mass is 690 g/mol. The Morgan fingerprint density at radius 3 is 1.12 bits per heavy atom. The minimum atomic E-state index is -0.838. The summed E-state index contributed by atoms with van der Waals surface area (Å²) in [6.45, 7) is 4.32. The summed E-state index contributed by atoms with van der Waals surface area (Å²) >= 11 is 0. The summed E-state index contributed by atoms with van der Waals surface area (Å²) in [6, 6.07) is -0.621. The Morgan fingerprint density at radius 1 is 0.469 bits per heavy atom. The van der Waals surface area contributed by atoms with Crippen LogP contribution in [-0.4, -0.2) is 34.9 Å². The number of aliphatic hydroxyl groups excluding tert-OH is 2. The van der Waals surface area contributed by atoms with E-state index in [2.05, 4.69) is 31.3 Å². The lowest BCUT2D eigenvalue weighted by Gasteiger charge is -2.20. The molecular weight excluding hydrogens is 602 g/mol. The number of rotatable bonds is 40. The zero-order valence-electron chi connectivity index (χ0n) is 33.2. The molecular formula is C45H87NO3. The van der Waals surface area contributed by atoms with Crippen molar-refractivity contribution in [2.24, 2.45) is 0 Å². The number of hydrogen-bond acceptors (Lipinski definition) is 3. The smallest absolute Gasteiger partial charge is 0.220 e. The molecule has 0 aliphatic carbocycles. The van der Waals surface area contributed by atoms with E-state index >= 15 is 0 Å². The fraction of sp³-hybridized carbons (Fsp3) is 0.889.